The SMILES string of the molecule is CCC(C=O)=CCC=C(C)C. The molecule has 0 atom stereocenters. The third kappa shape index (κ3) is 5.59. The van der Waals surface area contributed by atoms with Crippen LogP contribution in [-0.2, 0) is 4.79 Å². The van der Waals surface area contributed by atoms with Gasteiger partial charge in [-0.1, -0.05) is 24.6 Å². The molecule has 0 spiro atoms. The summed E-state index contributed by atoms with van der Waals surface area (Å²) in [5.41, 5.74) is 2.19. The van der Waals surface area contributed by atoms with Crippen molar-refractivity contribution in [1.82, 2.24) is 0 Å². The molecule has 0 radical (unpaired) electrons. The molecular formula is C10H16O. The molecule has 0 fully saturated rings. The smallest absolute Gasteiger partial charge is 0.145 e. The van der Waals surface area contributed by atoms with Crippen molar-refractivity contribution >= 4 is 6.29 Å². The van der Waals surface area contributed by atoms with E-state index >= 15 is 0 Å². The van der Waals surface area contributed by atoms with Gasteiger partial charge in [-0.05, 0) is 32.3 Å². The summed E-state index contributed by atoms with van der Waals surface area (Å²) in [6.45, 7) is 6.10. The number of carbonyl (C=O) groups excluding carboxylic acids is 1. The molecule has 0 aliphatic rings. The van der Waals surface area contributed by atoms with Gasteiger partial charge >= 0.3 is 0 Å². The maximum Gasteiger partial charge on any atom is 0.145 e. The quantitative estimate of drug-likeness (QED) is 0.344. The van der Waals surface area contributed by atoms with Gasteiger partial charge in [-0.3, -0.25) is 4.79 Å². The number of hydrogen-bond donors (Lipinski definition) is 0. The maximum atomic E-state index is 10.3. The number of rotatable bonds is 4. The fraction of sp³-hybridized carbons (Fsp3) is 0.500. The Kier molecular flexibility index (Phi) is 5.44. The van der Waals surface area contributed by atoms with E-state index in [9.17, 15) is 4.79 Å². The molecule has 1 heteroatoms. The van der Waals surface area contributed by atoms with Crippen LogP contribution in [0, 0.1) is 0 Å². The predicted octanol–water partition coefficient (Wildman–Crippen LogP) is 2.88. The van der Waals surface area contributed by atoms with E-state index in [1.165, 1.54) is 5.57 Å². The van der Waals surface area contributed by atoms with E-state index in [1.54, 1.807) is 0 Å². The first kappa shape index (κ1) is 10.2. The Labute approximate surface area is 68.8 Å². The Morgan fingerprint density at radius 2 is 1.91 bits per heavy atom. The molecule has 0 aromatic heterocycles. The monoisotopic (exact) mass is 152 g/mol. The summed E-state index contributed by atoms with van der Waals surface area (Å²) >= 11 is 0. The number of hydrogen-bond acceptors (Lipinski definition) is 1. The summed E-state index contributed by atoms with van der Waals surface area (Å²) in [7, 11) is 0. The molecule has 0 saturated carbocycles. The Morgan fingerprint density at radius 3 is 2.27 bits per heavy atom. The van der Waals surface area contributed by atoms with Crippen LogP contribution in [0.1, 0.15) is 33.6 Å². The first-order valence-corrected chi connectivity index (χ1v) is 3.98. The van der Waals surface area contributed by atoms with E-state index in [2.05, 4.69) is 19.9 Å². The van der Waals surface area contributed by atoms with Crippen LogP contribution < -0.4 is 0 Å². The molecule has 0 rings (SSSR count). The first-order chi connectivity index (χ1) is 5.20. The van der Waals surface area contributed by atoms with E-state index < -0.39 is 0 Å². The highest BCUT2D eigenvalue weighted by Crippen LogP contribution is 2.00. The molecule has 0 bridgehead atoms. The third-order valence-electron chi connectivity index (χ3n) is 1.47. The minimum atomic E-state index is 0.833. The second-order valence-corrected chi connectivity index (χ2v) is 2.77. The zero-order valence-electron chi connectivity index (χ0n) is 7.55. The second-order valence-electron chi connectivity index (χ2n) is 2.77. The highest BCUT2D eigenvalue weighted by Gasteiger charge is 1.87. The minimum absolute atomic E-state index is 0.833. The summed E-state index contributed by atoms with van der Waals surface area (Å²) in [5.74, 6) is 0. The molecule has 62 valence electrons. The second kappa shape index (κ2) is 5.90. The molecule has 11 heavy (non-hydrogen) atoms. The van der Waals surface area contributed by atoms with Gasteiger partial charge < -0.3 is 0 Å². The van der Waals surface area contributed by atoms with E-state index in [0.29, 0.717) is 0 Å². The number of allylic oxidation sites excluding steroid dienone is 4. The van der Waals surface area contributed by atoms with Crippen LogP contribution in [0.2, 0.25) is 0 Å². The normalized spacial score (nSPS) is 11.0. The fourth-order valence-electron chi connectivity index (χ4n) is 0.722. The van der Waals surface area contributed by atoms with Crippen molar-refractivity contribution in [3.05, 3.63) is 23.3 Å². The average molecular weight is 152 g/mol. The van der Waals surface area contributed by atoms with Crippen LogP contribution in [0.5, 0.6) is 0 Å². The van der Waals surface area contributed by atoms with Crippen molar-refractivity contribution in [2.24, 2.45) is 0 Å². The average Bonchev–Trinajstić information content (AvgIpc) is 1.98. The van der Waals surface area contributed by atoms with Gasteiger partial charge in [0, 0.05) is 0 Å². The molecule has 0 amide bonds. The van der Waals surface area contributed by atoms with Gasteiger partial charge in [-0.15, -0.1) is 0 Å². The molecule has 1 nitrogen and oxygen atoms in total. The number of carbonyl (C=O) groups is 1. The van der Waals surface area contributed by atoms with Gasteiger partial charge in [0.05, 0.1) is 0 Å². The molecule has 0 aromatic rings. The van der Waals surface area contributed by atoms with Crippen LogP contribution in [0.15, 0.2) is 23.3 Å². The molecule has 0 heterocycles. The summed E-state index contributed by atoms with van der Waals surface area (Å²) in [6.07, 6.45) is 6.72. The first-order valence-electron chi connectivity index (χ1n) is 3.98. The molecule has 0 saturated heterocycles. The molecule has 0 aliphatic carbocycles. The van der Waals surface area contributed by atoms with E-state index in [1.807, 2.05) is 13.0 Å². The lowest BCUT2D eigenvalue weighted by atomic mass is 10.1. The van der Waals surface area contributed by atoms with Crippen LogP contribution >= 0.6 is 0 Å². The summed E-state index contributed by atoms with van der Waals surface area (Å²) in [6, 6.07) is 0. The van der Waals surface area contributed by atoms with E-state index in [4.69, 9.17) is 0 Å². The largest absolute Gasteiger partial charge is 0.298 e. The van der Waals surface area contributed by atoms with Gasteiger partial charge in [-0.25, -0.2) is 0 Å². The van der Waals surface area contributed by atoms with Crippen molar-refractivity contribution in [1.29, 1.82) is 0 Å². The molecule has 0 N–H and O–H groups in total. The zero-order valence-corrected chi connectivity index (χ0v) is 7.55. The van der Waals surface area contributed by atoms with Gasteiger partial charge in [-0.2, -0.15) is 0 Å². The highest BCUT2D eigenvalue weighted by atomic mass is 16.1. The summed E-state index contributed by atoms with van der Waals surface area (Å²) in [4.78, 5) is 10.3. The van der Waals surface area contributed by atoms with Gasteiger partial charge in [0.1, 0.15) is 6.29 Å². The standard InChI is InChI=1S/C10H16O/c1-4-10(8-11)7-5-6-9(2)3/h6-8H,4-5H2,1-3H3. The van der Waals surface area contributed by atoms with E-state index in [0.717, 1.165) is 24.7 Å². The lowest BCUT2D eigenvalue weighted by Gasteiger charge is -1.91. The van der Waals surface area contributed by atoms with Gasteiger partial charge in [0.2, 0.25) is 0 Å². The Hall–Kier alpha value is -0.850. The fourth-order valence-corrected chi connectivity index (χ4v) is 0.722. The third-order valence-corrected chi connectivity index (χ3v) is 1.47. The molecule has 0 aromatic carbocycles. The topological polar surface area (TPSA) is 17.1 Å². The Balaban J connectivity index is 3.89. The van der Waals surface area contributed by atoms with Crippen molar-refractivity contribution in [2.75, 3.05) is 0 Å². The van der Waals surface area contributed by atoms with Crippen molar-refractivity contribution in [2.45, 2.75) is 33.6 Å². The lowest BCUT2D eigenvalue weighted by Crippen LogP contribution is -1.80. The van der Waals surface area contributed by atoms with Crippen molar-refractivity contribution < 1.29 is 4.79 Å². The molecular weight excluding hydrogens is 136 g/mol. The lowest BCUT2D eigenvalue weighted by molar-refractivity contribution is -0.105. The number of aldehydes is 1. The van der Waals surface area contributed by atoms with E-state index in [-0.39, 0.29) is 0 Å². The van der Waals surface area contributed by atoms with Crippen molar-refractivity contribution in [3.8, 4) is 0 Å². The van der Waals surface area contributed by atoms with Gasteiger partial charge in [0.25, 0.3) is 0 Å². The minimum Gasteiger partial charge on any atom is -0.298 e. The molecule has 0 aliphatic heterocycles. The predicted molar refractivity (Wildman–Crippen MR) is 48.5 cm³/mol. The van der Waals surface area contributed by atoms with Gasteiger partial charge in [0.15, 0.2) is 0 Å². The Morgan fingerprint density at radius 1 is 1.27 bits per heavy atom. The van der Waals surface area contributed by atoms with Crippen LogP contribution in [0.25, 0.3) is 0 Å². The maximum absolute atomic E-state index is 10.3. The van der Waals surface area contributed by atoms with Crippen LogP contribution in [0.4, 0.5) is 0 Å². The summed E-state index contributed by atoms with van der Waals surface area (Å²) in [5, 5.41) is 0. The van der Waals surface area contributed by atoms with Crippen molar-refractivity contribution in [3.63, 3.8) is 0 Å². The zero-order chi connectivity index (χ0) is 8.69. The highest BCUT2D eigenvalue weighted by molar-refractivity contribution is 5.72. The molecule has 0 unspecified atom stereocenters. The van der Waals surface area contributed by atoms with Crippen LogP contribution in [-0.4, -0.2) is 6.29 Å². The van der Waals surface area contributed by atoms with Crippen LogP contribution in [0.3, 0.4) is 0 Å². The Bertz CT molecular complexity index is 171. The summed E-state index contributed by atoms with van der Waals surface area (Å²) < 4.78 is 0.